The predicted octanol–water partition coefficient (Wildman–Crippen LogP) is 6.97. The lowest BCUT2D eigenvalue weighted by Crippen LogP contribution is -2.70. The molecular weight excluding hydrogens is 547 g/mol. The molecule has 0 amide bonds. The fraction of sp³-hybridized carbons (Fsp3) is 0.882. The molecule has 4 nitrogen and oxygen atoms in total. The standard InChI is InChI=1S/C13H15F13S.C4H6O4/c1-4-7(2,3)27-6-5-8(14,15)9(16,17)10(18,19)11(20,21)12(22,23)13(24,25)26;5-3(6)1-2-4(7)8/h4-6H2,1-3H3;1-2H2,(H,5,6)(H,7,8). The first kappa shape index (κ1) is 35.5. The number of thioether (sulfide) groups is 1. The first-order chi connectivity index (χ1) is 15.1. The van der Waals surface area contributed by atoms with Crippen molar-refractivity contribution in [3.05, 3.63) is 0 Å². The molecule has 0 bridgehead atoms. The van der Waals surface area contributed by atoms with Crippen molar-refractivity contribution >= 4 is 23.7 Å². The van der Waals surface area contributed by atoms with Gasteiger partial charge in [-0.2, -0.15) is 68.8 Å². The number of halogens is 13. The maximum Gasteiger partial charge on any atom is 0.460 e. The summed E-state index contributed by atoms with van der Waals surface area (Å²) >= 11 is 0.576. The molecule has 0 aliphatic rings. The number of rotatable bonds is 12. The van der Waals surface area contributed by atoms with E-state index in [4.69, 9.17) is 10.2 Å². The number of aliphatic carboxylic acids is 2. The number of carboxylic acid groups (broad SMARTS) is 2. The van der Waals surface area contributed by atoms with Crippen LogP contribution in [0.25, 0.3) is 0 Å². The second-order valence-electron chi connectivity index (χ2n) is 7.50. The third-order valence-corrected chi connectivity index (χ3v) is 5.79. The lowest BCUT2D eigenvalue weighted by Gasteiger charge is -2.39. The van der Waals surface area contributed by atoms with Gasteiger partial charge < -0.3 is 10.2 Å². The third-order valence-electron chi connectivity index (χ3n) is 4.31. The summed E-state index contributed by atoms with van der Waals surface area (Å²) in [6.07, 6.45) is -9.82. The van der Waals surface area contributed by atoms with Crippen LogP contribution in [0.15, 0.2) is 0 Å². The first-order valence-electron chi connectivity index (χ1n) is 9.18. The molecule has 2 N–H and O–H groups in total. The van der Waals surface area contributed by atoms with Gasteiger partial charge in [0.2, 0.25) is 0 Å². The Bertz CT molecular complexity index is 707. The molecule has 0 unspecified atom stereocenters. The average Bonchev–Trinajstić information content (AvgIpc) is 2.65. The van der Waals surface area contributed by atoms with E-state index in [1.165, 1.54) is 13.8 Å². The molecule has 0 rings (SSSR count). The first-order valence-corrected chi connectivity index (χ1v) is 10.2. The van der Waals surface area contributed by atoms with Crippen LogP contribution < -0.4 is 0 Å². The van der Waals surface area contributed by atoms with E-state index in [0.29, 0.717) is 18.2 Å². The van der Waals surface area contributed by atoms with Crippen LogP contribution in [-0.2, 0) is 9.59 Å². The van der Waals surface area contributed by atoms with Crippen LogP contribution in [0.5, 0.6) is 0 Å². The van der Waals surface area contributed by atoms with Gasteiger partial charge in [-0.1, -0.05) is 20.8 Å². The number of carbonyl (C=O) groups is 2. The van der Waals surface area contributed by atoms with Crippen molar-refractivity contribution in [1.82, 2.24) is 0 Å². The molecule has 0 saturated heterocycles. The number of carboxylic acids is 2. The van der Waals surface area contributed by atoms with Gasteiger partial charge in [-0.05, 0) is 12.2 Å². The van der Waals surface area contributed by atoms with Crippen LogP contribution in [0.4, 0.5) is 57.1 Å². The van der Waals surface area contributed by atoms with Crippen LogP contribution in [0.2, 0.25) is 0 Å². The van der Waals surface area contributed by atoms with Crippen LogP contribution in [0.1, 0.15) is 46.5 Å². The van der Waals surface area contributed by atoms with E-state index in [1.807, 2.05) is 0 Å². The van der Waals surface area contributed by atoms with Gasteiger partial charge in [0.05, 0.1) is 12.8 Å². The van der Waals surface area contributed by atoms with E-state index in [0.717, 1.165) is 0 Å². The fourth-order valence-corrected chi connectivity index (χ4v) is 2.85. The number of alkyl halides is 13. The normalized spacial score (nSPS) is 14.3. The monoisotopic (exact) mass is 568 g/mol. The zero-order valence-electron chi connectivity index (χ0n) is 18.1. The van der Waals surface area contributed by atoms with Crippen molar-refractivity contribution in [1.29, 1.82) is 0 Å². The molecule has 0 aliphatic carbocycles. The van der Waals surface area contributed by atoms with E-state index in [9.17, 15) is 66.7 Å². The Morgan fingerprint density at radius 1 is 0.657 bits per heavy atom. The van der Waals surface area contributed by atoms with Gasteiger partial charge in [0, 0.05) is 11.2 Å². The molecule has 0 heterocycles. The molecule has 0 aromatic rings. The largest absolute Gasteiger partial charge is 0.481 e. The highest BCUT2D eigenvalue weighted by molar-refractivity contribution is 8.00. The number of hydrogen-bond donors (Lipinski definition) is 2. The second-order valence-corrected chi connectivity index (χ2v) is 9.30. The van der Waals surface area contributed by atoms with Crippen LogP contribution in [0.3, 0.4) is 0 Å². The smallest absolute Gasteiger partial charge is 0.460 e. The van der Waals surface area contributed by atoms with Crippen LogP contribution in [-0.4, -0.2) is 68.4 Å². The van der Waals surface area contributed by atoms with Crippen molar-refractivity contribution < 1.29 is 76.9 Å². The summed E-state index contributed by atoms with van der Waals surface area (Å²) in [5.41, 5.74) is 0. The Labute approximate surface area is 194 Å². The molecule has 0 aliphatic heterocycles. The Balaban J connectivity index is 0. The quantitative estimate of drug-likeness (QED) is 0.249. The van der Waals surface area contributed by atoms with Crippen molar-refractivity contribution in [3.63, 3.8) is 0 Å². The van der Waals surface area contributed by atoms with Gasteiger partial charge in [0.25, 0.3) is 0 Å². The number of hydrogen-bond acceptors (Lipinski definition) is 3. The van der Waals surface area contributed by atoms with Gasteiger partial charge >= 0.3 is 47.7 Å². The van der Waals surface area contributed by atoms with E-state index in [-0.39, 0.29) is 12.8 Å². The minimum atomic E-state index is -7.83. The van der Waals surface area contributed by atoms with E-state index in [1.54, 1.807) is 6.92 Å². The van der Waals surface area contributed by atoms with Gasteiger partial charge in [0.1, 0.15) is 0 Å². The van der Waals surface area contributed by atoms with Crippen molar-refractivity contribution in [3.8, 4) is 0 Å². The van der Waals surface area contributed by atoms with E-state index in [2.05, 4.69) is 0 Å². The fourth-order valence-electron chi connectivity index (χ4n) is 1.73. The summed E-state index contributed by atoms with van der Waals surface area (Å²) in [4.78, 5) is 19.3. The summed E-state index contributed by atoms with van der Waals surface area (Å²) < 4.78 is 167. The van der Waals surface area contributed by atoms with Crippen LogP contribution >= 0.6 is 11.8 Å². The molecule has 0 saturated carbocycles. The zero-order valence-corrected chi connectivity index (χ0v) is 18.9. The maximum absolute atomic E-state index is 13.5. The highest BCUT2D eigenvalue weighted by Gasteiger charge is 2.90. The van der Waals surface area contributed by atoms with Gasteiger partial charge in [-0.3, -0.25) is 9.59 Å². The van der Waals surface area contributed by atoms with Crippen molar-refractivity contribution in [2.45, 2.75) is 87.0 Å². The summed E-state index contributed by atoms with van der Waals surface area (Å²) in [7, 11) is 0. The van der Waals surface area contributed by atoms with E-state index >= 15 is 0 Å². The van der Waals surface area contributed by atoms with Gasteiger partial charge in [0.15, 0.2) is 0 Å². The summed E-state index contributed by atoms with van der Waals surface area (Å²) in [6, 6.07) is 0. The van der Waals surface area contributed by atoms with Crippen molar-refractivity contribution in [2.24, 2.45) is 0 Å². The Kier molecular flexibility index (Phi) is 11.8. The highest BCUT2D eigenvalue weighted by Crippen LogP contribution is 2.60. The second kappa shape index (κ2) is 11.6. The Morgan fingerprint density at radius 2 is 1.00 bits per heavy atom. The highest BCUT2D eigenvalue weighted by atomic mass is 32.2. The molecule has 0 aromatic carbocycles. The van der Waals surface area contributed by atoms with Crippen LogP contribution in [0, 0.1) is 0 Å². The molecule has 0 radical (unpaired) electrons. The molecule has 0 atom stereocenters. The minimum absolute atomic E-state index is 0.296. The molecule has 0 spiro atoms. The summed E-state index contributed by atoms with van der Waals surface area (Å²) in [5, 5.41) is 15.8. The Morgan fingerprint density at radius 3 is 1.29 bits per heavy atom. The lowest BCUT2D eigenvalue weighted by molar-refractivity contribution is -0.439. The zero-order chi connectivity index (χ0) is 28.9. The molecule has 0 aromatic heterocycles. The van der Waals surface area contributed by atoms with E-state index < -0.39 is 64.6 Å². The minimum Gasteiger partial charge on any atom is -0.481 e. The SMILES string of the molecule is CCC(C)(C)SCCC(F)(F)C(F)(F)C(F)(F)C(F)(F)C(F)(F)C(F)(F)F.O=C(O)CCC(=O)O. The molecule has 35 heavy (non-hydrogen) atoms. The molecule has 0 fully saturated rings. The predicted molar refractivity (Wildman–Crippen MR) is 96.7 cm³/mol. The van der Waals surface area contributed by atoms with Crippen molar-refractivity contribution in [2.75, 3.05) is 5.75 Å². The molecular formula is C17H21F13O4S. The molecule has 210 valence electrons. The van der Waals surface area contributed by atoms with Gasteiger partial charge in [-0.25, -0.2) is 0 Å². The molecule has 18 heteroatoms. The Hall–Kier alpha value is -1.62. The third kappa shape index (κ3) is 8.48. The summed E-state index contributed by atoms with van der Waals surface area (Å²) in [5.74, 6) is -39.5. The lowest BCUT2D eigenvalue weighted by atomic mass is 9.93. The van der Waals surface area contributed by atoms with Gasteiger partial charge in [-0.15, -0.1) is 0 Å². The maximum atomic E-state index is 13.5. The average molecular weight is 568 g/mol. The topological polar surface area (TPSA) is 74.6 Å². The summed E-state index contributed by atoms with van der Waals surface area (Å²) in [6.45, 7) is 4.48.